The molecule has 0 spiro atoms. The summed E-state index contributed by atoms with van der Waals surface area (Å²) in [6.07, 6.45) is 4.89. The second-order valence-electron chi connectivity index (χ2n) is 5.19. The molecule has 0 aromatic rings. The fraction of sp³-hybridized carbons (Fsp3) is 0.923. The fourth-order valence-electron chi connectivity index (χ4n) is 2.67. The van der Waals surface area contributed by atoms with Crippen LogP contribution >= 0.6 is 0 Å². The van der Waals surface area contributed by atoms with Crippen LogP contribution in [-0.4, -0.2) is 62.0 Å². The predicted octanol–water partition coefficient (Wildman–Crippen LogP) is 0.927. The van der Waals surface area contributed by atoms with Gasteiger partial charge in [0.2, 0.25) is 5.91 Å². The number of rotatable bonds is 5. The van der Waals surface area contributed by atoms with Crippen molar-refractivity contribution in [3.63, 3.8) is 0 Å². The van der Waals surface area contributed by atoms with Gasteiger partial charge in [0.05, 0.1) is 6.04 Å². The standard InChI is InChI=1S/C13H27N3O/c1-11(13(17)15(3)4)16-10-6-5-7-12(16)8-9-14-2/h11-12,14H,5-10H2,1-4H3. The summed E-state index contributed by atoms with van der Waals surface area (Å²) in [5.41, 5.74) is 0. The average Bonchev–Trinajstić information content (AvgIpc) is 2.34. The second-order valence-corrected chi connectivity index (χ2v) is 5.19. The summed E-state index contributed by atoms with van der Waals surface area (Å²) in [4.78, 5) is 16.1. The third-order valence-electron chi connectivity index (χ3n) is 3.70. The summed E-state index contributed by atoms with van der Waals surface area (Å²) in [5.74, 6) is 0.223. The zero-order valence-corrected chi connectivity index (χ0v) is 11.7. The number of amides is 1. The topological polar surface area (TPSA) is 35.6 Å². The van der Waals surface area contributed by atoms with Crippen molar-refractivity contribution in [1.29, 1.82) is 0 Å². The Morgan fingerprint density at radius 1 is 1.47 bits per heavy atom. The van der Waals surface area contributed by atoms with Gasteiger partial charge in [-0.25, -0.2) is 0 Å². The Kier molecular flexibility index (Phi) is 5.92. The number of piperidine rings is 1. The lowest BCUT2D eigenvalue weighted by Gasteiger charge is -2.40. The van der Waals surface area contributed by atoms with E-state index in [4.69, 9.17) is 0 Å². The van der Waals surface area contributed by atoms with E-state index in [9.17, 15) is 4.79 Å². The number of hydrogen-bond donors (Lipinski definition) is 1. The molecule has 1 N–H and O–H groups in total. The quantitative estimate of drug-likeness (QED) is 0.778. The van der Waals surface area contributed by atoms with Crippen molar-refractivity contribution in [2.75, 3.05) is 34.2 Å². The Labute approximate surface area is 105 Å². The minimum absolute atomic E-state index is 0.0205. The smallest absolute Gasteiger partial charge is 0.239 e. The molecule has 0 aliphatic carbocycles. The molecule has 1 amide bonds. The van der Waals surface area contributed by atoms with Crippen LogP contribution in [0.1, 0.15) is 32.6 Å². The molecule has 2 atom stereocenters. The van der Waals surface area contributed by atoms with Gasteiger partial charge < -0.3 is 10.2 Å². The summed E-state index contributed by atoms with van der Waals surface area (Å²) in [6, 6.07) is 0.585. The highest BCUT2D eigenvalue weighted by Gasteiger charge is 2.30. The molecule has 17 heavy (non-hydrogen) atoms. The molecule has 0 aromatic carbocycles. The summed E-state index contributed by atoms with van der Waals surface area (Å²) in [5, 5.41) is 3.20. The Morgan fingerprint density at radius 3 is 2.76 bits per heavy atom. The molecule has 1 rings (SSSR count). The second kappa shape index (κ2) is 6.97. The largest absolute Gasteiger partial charge is 0.347 e. The number of carbonyl (C=O) groups is 1. The SMILES string of the molecule is CNCCC1CCCCN1C(C)C(=O)N(C)C. The van der Waals surface area contributed by atoms with Gasteiger partial charge in [0.25, 0.3) is 0 Å². The lowest BCUT2D eigenvalue weighted by atomic mass is 9.97. The minimum Gasteiger partial charge on any atom is -0.347 e. The molecule has 1 aliphatic heterocycles. The molecule has 0 radical (unpaired) electrons. The molecule has 100 valence electrons. The first-order chi connectivity index (χ1) is 8.07. The zero-order chi connectivity index (χ0) is 12.8. The highest BCUT2D eigenvalue weighted by atomic mass is 16.2. The van der Waals surface area contributed by atoms with E-state index in [1.807, 2.05) is 28.1 Å². The fourth-order valence-corrected chi connectivity index (χ4v) is 2.67. The molecule has 4 heteroatoms. The maximum Gasteiger partial charge on any atom is 0.239 e. The van der Waals surface area contributed by atoms with Crippen molar-refractivity contribution >= 4 is 5.91 Å². The van der Waals surface area contributed by atoms with Gasteiger partial charge in [-0.05, 0) is 46.3 Å². The van der Waals surface area contributed by atoms with Crippen LogP contribution in [-0.2, 0) is 4.79 Å². The number of hydrogen-bond acceptors (Lipinski definition) is 3. The van der Waals surface area contributed by atoms with Gasteiger partial charge in [-0.3, -0.25) is 9.69 Å². The van der Waals surface area contributed by atoms with Crippen molar-refractivity contribution < 1.29 is 4.79 Å². The van der Waals surface area contributed by atoms with E-state index in [1.165, 1.54) is 19.3 Å². The molecule has 4 nitrogen and oxygen atoms in total. The third kappa shape index (κ3) is 3.96. The Morgan fingerprint density at radius 2 is 2.18 bits per heavy atom. The van der Waals surface area contributed by atoms with Crippen molar-refractivity contribution in [2.45, 2.75) is 44.7 Å². The van der Waals surface area contributed by atoms with Crippen LogP contribution in [0.3, 0.4) is 0 Å². The summed E-state index contributed by atoms with van der Waals surface area (Å²) in [7, 11) is 5.67. The molecule has 1 aliphatic rings. The molecular formula is C13H27N3O. The maximum atomic E-state index is 12.0. The molecule has 0 bridgehead atoms. The lowest BCUT2D eigenvalue weighted by Crippen LogP contribution is -2.51. The Bertz CT molecular complexity index is 243. The van der Waals surface area contributed by atoms with E-state index in [0.717, 1.165) is 19.5 Å². The van der Waals surface area contributed by atoms with E-state index in [1.54, 1.807) is 4.90 Å². The predicted molar refractivity (Wildman–Crippen MR) is 71.0 cm³/mol. The zero-order valence-electron chi connectivity index (χ0n) is 11.7. The van der Waals surface area contributed by atoms with Gasteiger partial charge in [-0.15, -0.1) is 0 Å². The number of nitrogens with zero attached hydrogens (tertiary/aromatic N) is 2. The van der Waals surface area contributed by atoms with Crippen LogP contribution < -0.4 is 5.32 Å². The van der Waals surface area contributed by atoms with E-state index in [2.05, 4.69) is 10.2 Å². The van der Waals surface area contributed by atoms with Crippen molar-refractivity contribution in [2.24, 2.45) is 0 Å². The van der Waals surface area contributed by atoms with Gasteiger partial charge in [-0.1, -0.05) is 6.42 Å². The first kappa shape index (κ1) is 14.5. The molecule has 1 saturated heterocycles. The van der Waals surface area contributed by atoms with E-state index >= 15 is 0 Å². The average molecular weight is 241 g/mol. The van der Waals surface area contributed by atoms with E-state index in [-0.39, 0.29) is 11.9 Å². The number of carbonyl (C=O) groups excluding carboxylic acids is 1. The van der Waals surface area contributed by atoms with Crippen LogP contribution in [0.2, 0.25) is 0 Å². The van der Waals surface area contributed by atoms with Gasteiger partial charge in [0, 0.05) is 20.1 Å². The lowest BCUT2D eigenvalue weighted by molar-refractivity contribution is -0.135. The normalized spacial score (nSPS) is 23.4. The van der Waals surface area contributed by atoms with Gasteiger partial charge in [-0.2, -0.15) is 0 Å². The first-order valence-corrected chi connectivity index (χ1v) is 6.69. The Hall–Kier alpha value is -0.610. The molecule has 1 fully saturated rings. The van der Waals surface area contributed by atoms with Crippen LogP contribution in [0, 0.1) is 0 Å². The van der Waals surface area contributed by atoms with Crippen LogP contribution in [0.25, 0.3) is 0 Å². The highest BCUT2D eigenvalue weighted by Crippen LogP contribution is 2.22. The Balaban J connectivity index is 2.60. The van der Waals surface area contributed by atoms with Gasteiger partial charge in [0.1, 0.15) is 0 Å². The molecule has 0 saturated carbocycles. The van der Waals surface area contributed by atoms with Crippen LogP contribution in [0.5, 0.6) is 0 Å². The van der Waals surface area contributed by atoms with E-state index < -0.39 is 0 Å². The number of nitrogens with one attached hydrogen (secondary N) is 1. The number of likely N-dealkylation sites (N-methyl/N-ethyl adjacent to an activating group) is 1. The third-order valence-corrected chi connectivity index (χ3v) is 3.70. The maximum absolute atomic E-state index is 12.0. The van der Waals surface area contributed by atoms with Crippen molar-refractivity contribution in [3.8, 4) is 0 Å². The van der Waals surface area contributed by atoms with Crippen molar-refractivity contribution in [3.05, 3.63) is 0 Å². The van der Waals surface area contributed by atoms with E-state index in [0.29, 0.717) is 6.04 Å². The summed E-state index contributed by atoms with van der Waals surface area (Å²) in [6.45, 7) is 4.14. The summed E-state index contributed by atoms with van der Waals surface area (Å²) >= 11 is 0. The molecule has 0 aromatic heterocycles. The van der Waals surface area contributed by atoms with Gasteiger partial charge >= 0.3 is 0 Å². The summed E-state index contributed by atoms with van der Waals surface area (Å²) < 4.78 is 0. The van der Waals surface area contributed by atoms with Crippen LogP contribution in [0.4, 0.5) is 0 Å². The molecular weight excluding hydrogens is 214 g/mol. The molecule has 1 heterocycles. The minimum atomic E-state index is 0.0205. The van der Waals surface area contributed by atoms with Crippen LogP contribution in [0.15, 0.2) is 0 Å². The van der Waals surface area contributed by atoms with Gasteiger partial charge in [0.15, 0.2) is 0 Å². The van der Waals surface area contributed by atoms with Crippen molar-refractivity contribution in [1.82, 2.24) is 15.1 Å². The molecule has 2 unspecified atom stereocenters. The monoisotopic (exact) mass is 241 g/mol. The first-order valence-electron chi connectivity index (χ1n) is 6.69. The highest BCUT2D eigenvalue weighted by molar-refractivity contribution is 5.81. The number of likely N-dealkylation sites (tertiary alicyclic amines) is 1.